The number of pyridine rings is 1. The Bertz CT molecular complexity index is 492. The molecule has 1 aliphatic heterocycles. The summed E-state index contributed by atoms with van der Waals surface area (Å²) in [6.45, 7) is 0.906. The van der Waals surface area contributed by atoms with Crippen molar-refractivity contribution in [1.29, 1.82) is 0 Å². The fourth-order valence-electron chi connectivity index (χ4n) is 1.69. The van der Waals surface area contributed by atoms with Crippen LogP contribution in [0.1, 0.15) is 5.56 Å². The molecule has 1 saturated heterocycles. The highest BCUT2D eigenvalue weighted by molar-refractivity contribution is 6.29. The van der Waals surface area contributed by atoms with Gasteiger partial charge in [0.15, 0.2) is 5.03 Å². The summed E-state index contributed by atoms with van der Waals surface area (Å²) >= 11 is 5.70. The third-order valence-corrected chi connectivity index (χ3v) is 2.71. The zero-order chi connectivity index (χ0) is 13.8. The van der Waals surface area contributed by atoms with Crippen LogP contribution >= 0.6 is 11.6 Å². The third kappa shape index (κ3) is 3.52. The second kappa shape index (κ2) is 5.81. The number of nitrogens with zero attached hydrogens (tertiary/aromatic N) is 5. The van der Waals surface area contributed by atoms with Gasteiger partial charge in [-0.1, -0.05) is 17.7 Å². The molecule has 0 spiro atoms. The largest absolute Gasteiger partial charge is 0.341 e. The lowest BCUT2D eigenvalue weighted by Gasteiger charge is -2.34. The van der Waals surface area contributed by atoms with Crippen molar-refractivity contribution in [2.24, 2.45) is 5.10 Å². The average Bonchev–Trinajstić information content (AvgIpc) is 2.36. The zero-order valence-electron chi connectivity index (χ0n) is 10.2. The highest BCUT2D eigenvalue weighted by atomic mass is 35.5. The number of rotatable bonds is 3. The molecule has 102 valence electrons. The van der Waals surface area contributed by atoms with Crippen molar-refractivity contribution in [3.05, 3.63) is 39.2 Å². The molecule has 0 saturated carbocycles. The van der Waals surface area contributed by atoms with E-state index in [2.05, 4.69) is 10.1 Å². The number of guanidine groups is 1. The van der Waals surface area contributed by atoms with Crippen molar-refractivity contribution < 1.29 is 9.77 Å². The smallest absolute Gasteiger partial charge is 0.277 e. The molecule has 2 rings (SSSR count). The average molecular weight is 286 g/mol. The standard InChI is InChI=1S/C10H12ClN5O3/c1-14-6-19-7-15(10(14)13-16(17)18)5-8-2-3-9(11)12-4-8/h2-4H,5-7H2,1H3/b13-10+. The van der Waals surface area contributed by atoms with Crippen molar-refractivity contribution >= 4 is 17.6 Å². The molecule has 19 heavy (non-hydrogen) atoms. The van der Waals surface area contributed by atoms with E-state index in [1.165, 1.54) is 0 Å². The zero-order valence-corrected chi connectivity index (χ0v) is 10.9. The minimum absolute atomic E-state index is 0.236. The van der Waals surface area contributed by atoms with Gasteiger partial charge >= 0.3 is 0 Å². The lowest BCUT2D eigenvalue weighted by atomic mass is 10.3. The van der Waals surface area contributed by atoms with Crippen molar-refractivity contribution in [3.63, 3.8) is 0 Å². The van der Waals surface area contributed by atoms with Gasteiger partial charge < -0.3 is 14.5 Å². The summed E-state index contributed by atoms with van der Waals surface area (Å²) in [5, 5.41) is 13.6. The highest BCUT2D eigenvalue weighted by Crippen LogP contribution is 2.12. The molecule has 0 N–H and O–H groups in total. The molecule has 0 amide bonds. The normalized spacial score (nSPS) is 17.9. The summed E-state index contributed by atoms with van der Waals surface area (Å²) < 4.78 is 5.30. The molecule has 9 heteroatoms. The van der Waals surface area contributed by atoms with Crippen LogP contribution < -0.4 is 0 Å². The van der Waals surface area contributed by atoms with Gasteiger partial charge in [0.25, 0.3) is 5.96 Å². The van der Waals surface area contributed by atoms with E-state index in [1.54, 1.807) is 35.2 Å². The first-order valence-electron chi connectivity index (χ1n) is 5.43. The molecule has 1 aliphatic rings. The molecule has 1 aromatic heterocycles. The van der Waals surface area contributed by atoms with E-state index >= 15 is 0 Å². The van der Waals surface area contributed by atoms with Gasteiger partial charge in [-0.05, 0) is 11.6 Å². The number of hydrogen-bond donors (Lipinski definition) is 0. The summed E-state index contributed by atoms with van der Waals surface area (Å²) in [5.74, 6) is 0.256. The third-order valence-electron chi connectivity index (χ3n) is 2.49. The molecule has 0 unspecified atom stereocenters. The van der Waals surface area contributed by atoms with Gasteiger partial charge in [-0.25, -0.2) is 15.1 Å². The first-order chi connectivity index (χ1) is 9.06. The summed E-state index contributed by atoms with van der Waals surface area (Å²) in [6, 6.07) is 3.46. The molecule has 0 aliphatic carbocycles. The summed E-state index contributed by atoms with van der Waals surface area (Å²) in [6.07, 6.45) is 1.61. The molecule has 0 aromatic carbocycles. The number of aromatic nitrogens is 1. The van der Waals surface area contributed by atoms with E-state index in [9.17, 15) is 10.1 Å². The Kier molecular flexibility index (Phi) is 4.13. The van der Waals surface area contributed by atoms with E-state index in [0.717, 1.165) is 5.56 Å². The van der Waals surface area contributed by atoms with Gasteiger partial charge in [-0.2, -0.15) is 0 Å². The van der Waals surface area contributed by atoms with Gasteiger partial charge in [-0.3, -0.25) is 0 Å². The van der Waals surface area contributed by atoms with E-state index in [0.29, 0.717) is 11.7 Å². The maximum atomic E-state index is 10.5. The van der Waals surface area contributed by atoms with Crippen LogP contribution in [0.2, 0.25) is 5.15 Å². The molecule has 2 heterocycles. The number of hydrazone groups is 1. The summed E-state index contributed by atoms with van der Waals surface area (Å²) in [5.41, 5.74) is 0.861. The Hall–Kier alpha value is -1.93. The van der Waals surface area contributed by atoms with Gasteiger partial charge in [0, 0.05) is 19.8 Å². The Morgan fingerprint density at radius 3 is 3.00 bits per heavy atom. The predicted molar refractivity (Wildman–Crippen MR) is 67.8 cm³/mol. The highest BCUT2D eigenvalue weighted by Gasteiger charge is 2.25. The van der Waals surface area contributed by atoms with Crippen LogP contribution in [0.25, 0.3) is 0 Å². The lowest BCUT2D eigenvalue weighted by molar-refractivity contribution is -0.486. The summed E-state index contributed by atoms with van der Waals surface area (Å²) in [4.78, 5) is 17.7. The molecule has 0 bridgehead atoms. The fraction of sp³-hybridized carbons (Fsp3) is 0.400. The SMILES string of the molecule is CN1COCN(Cc2ccc(Cl)nc2)/C1=N/[N+](=O)[O-]. The van der Waals surface area contributed by atoms with E-state index in [1.807, 2.05) is 0 Å². The predicted octanol–water partition coefficient (Wildman–Crippen LogP) is 0.962. The van der Waals surface area contributed by atoms with E-state index in [-0.39, 0.29) is 19.4 Å². The van der Waals surface area contributed by atoms with Crippen LogP contribution in [0.15, 0.2) is 23.4 Å². The monoisotopic (exact) mass is 285 g/mol. The van der Waals surface area contributed by atoms with Crippen molar-refractivity contribution in [3.8, 4) is 0 Å². The maximum absolute atomic E-state index is 10.5. The second-order valence-corrected chi connectivity index (χ2v) is 4.37. The van der Waals surface area contributed by atoms with Gasteiger partial charge in [0.1, 0.15) is 23.7 Å². The number of halogens is 1. The fourth-order valence-corrected chi connectivity index (χ4v) is 1.81. The minimum atomic E-state index is -0.718. The topological polar surface area (TPSA) is 84.1 Å². The first-order valence-corrected chi connectivity index (χ1v) is 5.81. The Labute approximate surface area is 114 Å². The van der Waals surface area contributed by atoms with Crippen molar-refractivity contribution in [2.75, 3.05) is 20.5 Å². The number of nitro groups is 1. The molecule has 0 atom stereocenters. The lowest BCUT2D eigenvalue weighted by Crippen LogP contribution is -2.49. The molecule has 1 fully saturated rings. The van der Waals surface area contributed by atoms with E-state index < -0.39 is 5.03 Å². The minimum Gasteiger partial charge on any atom is -0.341 e. The van der Waals surface area contributed by atoms with Crippen LogP contribution in [-0.2, 0) is 11.3 Å². The molecular formula is C10H12ClN5O3. The van der Waals surface area contributed by atoms with Crippen molar-refractivity contribution in [2.45, 2.75) is 6.54 Å². The Morgan fingerprint density at radius 1 is 1.58 bits per heavy atom. The van der Waals surface area contributed by atoms with Crippen LogP contribution in [0.4, 0.5) is 0 Å². The van der Waals surface area contributed by atoms with Gasteiger partial charge in [0.05, 0.1) is 0 Å². The first kappa shape index (κ1) is 13.5. The van der Waals surface area contributed by atoms with Gasteiger partial charge in [0.2, 0.25) is 0 Å². The van der Waals surface area contributed by atoms with E-state index in [4.69, 9.17) is 16.3 Å². The molecule has 1 aromatic rings. The molecule has 0 radical (unpaired) electrons. The maximum Gasteiger partial charge on any atom is 0.277 e. The second-order valence-electron chi connectivity index (χ2n) is 3.99. The Morgan fingerprint density at radius 2 is 2.37 bits per heavy atom. The van der Waals surface area contributed by atoms with Crippen LogP contribution in [0, 0.1) is 10.1 Å². The van der Waals surface area contributed by atoms with Crippen molar-refractivity contribution in [1.82, 2.24) is 14.8 Å². The quantitative estimate of drug-likeness (QED) is 0.467. The Balaban J connectivity index is 2.16. The van der Waals surface area contributed by atoms with Crippen LogP contribution in [-0.4, -0.2) is 46.3 Å². The number of hydrogen-bond acceptors (Lipinski definition) is 4. The van der Waals surface area contributed by atoms with Crippen LogP contribution in [0.5, 0.6) is 0 Å². The van der Waals surface area contributed by atoms with Crippen LogP contribution in [0.3, 0.4) is 0 Å². The summed E-state index contributed by atoms with van der Waals surface area (Å²) in [7, 11) is 1.68. The van der Waals surface area contributed by atoms with Gasteiger partial charge in [-0.15, -0.1) is 0 Å². The molecular weight excluding hydrogens is 274 g/mol. The molecule has 8 nitrogen and oxygen atoms in total. The number of ether oxygens (including phenoxy) is 1.